The maximum atomic E-state index is 11.6. The number of methoxy groups -OCH3 is 2. The van der Waals surface area contributed by atoms with Gasteiger partial charge in [0.15, 0.2) is 5.89 Å². The van der Waals surface area contributed by atoms with Gasteiger partial charge in [-0.15, -0.1) is 0 Å². The van der Waals surface area contributed by atoms with E-state index in [1.165, 1.54) is 20.0 Å². The van der Waals surface area contributed by atoms with Gasteiger partial charge in [0.2, 0.25) is 5.76 Å². The zero-order valence-corrected chi connectivity index (χ0v) is 11.1. The second-order valence-electron chi connectivity index (χ2n) is 4.77. The van der Waals surface area contributed by atoms with Crippen molar-refractivity contribution in [3.8, 4) is 0 Å². The van der Waals surface area contributed by atoms with Crippen molar-refractivity contribution in [1.82, 2.24) is 4.98 Å². The fraction of sp³-hybridized carbons (Fsp3) is 0.692. The summed E-state index contributed by atoms with van der Waals surface area (Å²) in [5, 5.41) is 0. The number of oxazole rings is 1. The van der Waals surface area contributed by atoms with Crippen molar-refractivity contribution in [2.45, 2.75) is 38.7 Å². The first-order valence-electron chi connectivity index (χ1n) is 6.24. The molecule has 5 heteroatoms. The summed E-state index contributed by atoms with van der Waals surface area (Å²) in [4.78, 5) is 16.0. The monoisotopic (exact) mass is 253 g/mol. The highest BCUT2D eigenvalue weighted by molar-refractivity contribution is 5.87. The molecule has 0 bridgehead atoms. The van der Waals surface area contributed by atoms with Crippen LogP contribution < -0.4 is 0 Å². The summed E-state index contributed by atoms with van der Waals surface area (Å²) in [6, 6.07) is 0. The molecule has 0 aromatic carbocycles. The molecule has 1 aromatic rings. The van der Waals surface area contributed by atoms with Gasteiger partial charge in [-0.1, -0.05) is 13.3 Å². The molecule has 1 aliphatic rings. The Morgan fingerprint density at radius 2 is 2.22 bits per heavy atom. The van der Waals surface area contributed by atoms with Crippen molar-refractivity contribution >= 4 is 5.97 Å². The molecule has 100 valence electrons. The molecule has 0 saturated heterocycles. The first-order valence-corrected chi connectivity index (χ1v) is 6.24. The average molecular weight is 253 g/mol. The SMILES string of the molecule is COCc1nc(C2CCCC2C)oc1C(=O)OC. The lowest BCUT2D eigenvalue weighted by Gasteiger charge is -2.09. The van der Waals surface area contributed by atoms with E-state index in [9.17, 15) is 4.79 Å². The van der Waals surface area contributed by atoms with Crippen LogP contribution in [0.5, 0.6) is 0 Å². The van der Waals surface area contributed by atoms with Gasteiger partial charge in [0, 0.05) is 13.0 Å². The lowest BCUT2D eigenvalue weighted by atomic mass is 9.98. The van der Waals surface area contributed by atoms with Crippen LogP contribution in [0.3, 0.4) is 0 Å². The van der Waals surface area contributed by atoms with Crippen LogP contribution in [-0.4, -0.2) is 25.2 Å². The maximum Gasteiger partial charge on any atom is 0.376 e. The smallest absolute Gasteiger partial charge is 0.376 e. The summed E-state index contributed by atoms with van der Waals surface area (Å²) >= 11 is 0. The molecule has 0 amide bonds. The normalized spacial score (nSPS) is 23.3. The fourth-order valence-corrected chi connectivity index (χ4v) is 2.53. The van der Waals surface area contributed by atoms with Gasteiger partial charge < -0.3 is 13.9 Å². The van der Waals surface area contributed by atoms with Gasteiger partial charge in [-0.25, -0.2) is 9.78 Å². The quantitative estimate of drug-likeness (QED) is 0.771. The number of carbonyl (C=O) groups excluding carboxylic acids is 1. The third-order valence-electron chi connectivity index (χ3n) is 3.54. The fourth-order valence-electron chi connectivity index (χ4n) is 2.53. The number of esters is 1. The van der Waals surface area contributed by atoms with Crippen molar-refractivity contribution in [3.05, 3.63) is 17.3 Å². The molecule has 2 atom stereocenters. The maximum absolute atomic E-state index is 11.6. The average Bonchev–Trinajstić information content (AvgIpc) is 2.95. The summed E-state index contributed by atoms with van der Waals surface area (Å²) in [7, 11) is 2.90. The van der Waals surface area contributed by atoms with E-state index in [1.54, 1.807) is 7.11 Å². The highest BCUT2D eigenvalue weighted by Gasteiger charge is 2.31. The number of rotatable bonds is 4. The first-order chi connectivity index (χ1) is 8.67. The van der Waals surface area contributed by atoms with Crippen LogP contribution in [0.4, 0.5) is 0 Å². The summed E-state index contributed by atoms with van der Waals surface area (Å²) in [6.45, 7) is 2.45. The number of hydrogen-bond acceptors (Lipinski definition) is 5. The topological polar surface area (TPSA) is 61.6 Å². The predicted octanol–water partition coefficient (Wildman–Crippen LogP) is 2.51. The molecule has 0 N–H and O–H groups in total. The minimum Gasteiger partial charge on any atom is -0.463 e. The minimum atomic E-state index is -0.494. The molecule has 1 fully saturated rings. The zero-order chi connectivity index (χ0) is 13.1. The largest absolute Gasteiger partial charge is 0.463 e. The van der Waals surface area contributed by atoms with Crippen LogP contribution in [0, 0.1) is 5.92 Å². The molecule has 1 aromatic heterocycles. The Kier molecular flexibility index (Phi) is 4.01. The summed E-state index contributed by atoms with van der Waals surface area (Å²) in [6.07, 6.45) is 3.43. The Balaban J connectivity index is 2.29. The number of carbonyl (C=O) groups is 1. The Hall–Kier alpha value is -1.36. The van der Waals surface area contributed by atoms with Gasteiger partial charge >= 0.3 is 5.97 Å². The summed E-state index contributed by atoms with van der Waals surface area (Å²) in [5.74, 6) is 1.18. The van der Waals surface area contributed by atoms with Gasteiger partial charge in [0.1, 0.15) is 5.69 Å². The van der Waals surface area contributed by atoms with E-state index in [2.05, 4.69) is 11.9 Å². The van der Waals surface area contributed by atoms with Crippen LogP contribution in [0.15, 0.2) is 4.42 Å². The van der Waals surface area contributed by atoms with Crippen LogP contribution in [0.1, 0.15) is 54.2 Å². The molecule has 2 rings (SSSR count). The third kappa shape index (κ3) is 2.41. The number of nitrogens with zero attached hydrogens (tertiary/aromatic N) is 1. The van der Waals surface area contributed by atoms with E-state index < -0.39 is 5.97 Å². The van der Waals surface area contributed by atoms with Crippen LogP contribution >= 0.6 is 0 Å². The van der Waals surface area contributed by atoms with E-state index in [4.69, 9.17) is 13.9 Å². The van der Waals surface area contributed by atoms with Crippen molar-refractivity contribution in [2.24, 2.45) is 5.92 Å². The first kappa shape index (κ1) is 13.1. The Labute approximate surface area is 106 Å². The van der Waals surface area contributed by atoms with Gasteiger partial charge in [-0.05, 0) is 18.8 Å². The molecule has 18 heavy (non-hydrogen) atoms. The second kappa shape index (κ2) is 5.52. The number of aromatic nitrogens is 1. The molecular weight excluding hydrogens is 234 g/mol. The van der Waals surface area contributed by atoms with E-state index in [0.717, 1.165) is 6.42 Å². The van der Waals surface area contributed by atoms with E-state index in [1.807, 2.05) is 0 Å². The Morgan fingerprint density at radius 3 is 2.78 bits per heavy atom. The van der Waals surface area contributed by atoms with E-state index in [-0.39, 0.29) is 12.4 Å². The summed E-state index contributed by atoms with van der Waals surface area (Å²) in [5.41, 5.74) is 0.526. The van der Waals surface area contributed by atoms with E-state index in [0.29, 0.717) is 23.4 Å². The molecule has 5 nitrogen and oxygen atoms in total. The molecule has 2 unspecified atom stereocenters. The number of ether oxygens (including phenoxy) is 2. The zero-order valence-electron chi connectivity index (χ0n) is 11.1. The Morgan fingerprint density at radius 1 is 1.44 bits per heavy atom. The van der Waals surface area contributed by atoms with Gasteiger partial charge in [0.05, 0.1) is 13.7 Å². The molecule has 0 spiro atoms. The lowest BCUT2D eigenvalue weighted by Crippen LogP contribution is -2.04. The van der Waals surface area contributed by atoms with Gasteiger partial charge in [-0.3, -0.25) is 0 Å². The predicted molar refractivity (Wildman–Crippen MR) is 64.3 cm³/mol. The number of hydrogen-bond donors (Lipinski definition) is 0. The highest BCUT2D eigenvalue weighted by Crippen LogP contribution is 2.39. The highest BCUT2D eigenvalue weighted by atomic mass is 16.5. The van der Waals surface area contributed by atoms with E-state index >= 15 is 0 Å². The van der Waals surface area contributed by atoms with Crippen LogP contribution in [0.2, 0.25) is 0 Å². The third-order valence-corrected chi connectivity index (χ3v) is 3.54. The molecule has 1 heterocycles. The van der Waals surface area contributed by atoms with Crippen molar-refractivity contribution < 1.29 is 18.7 Å². The Bertz CT molecular complexity index is 427. The molecule has 0 aliphatic heterocycles. The molecular formula is C13H19NO4. The molecule has 1 saturated carbocycles. The van der Waals surface area contributed by atoms with Gasteiger partial charge in [-0.2, -0.15) is 0 Å². The minimum absolute atomic E-state index is 0.174. The van der Waals surface area contributed by atoms with Crippen molar-refractivity contribution in [3.63, 3.8) is 0 Å². The van der Waals surface area contributed by atoms with Crippen molar-refractivity contribution in [1.29, 1.82) is 0 Å². The lowest BCUT2D eigenvalue weighted by molar-refractivity contribution is 0.0555. The van der Waals surface area contributed by atoms with Crippen LogP contribution in [0.25, 0.3) is 0 Å². The summed E-state index contributed by atoms with van der Waals surface area (Å²) < 4.78 is 15.3. The second-order valence-corrected chi connectivity index (χ2v) is 4.77. The van der Waals surface area contributed by atoms with Crippen molar-refractivity contribution in [2.75, 3.05) is 14.2 Å². The molecule has 1 aliphatic carbocycles. The molecule has 0 radical (unpaired) electrons. The standard InChI is InChI=1S/C13H19NO4/c1-8-5-4-6-9(8)12-14-10(7-16-2)11(18-12)13(15)17-3/h8-9H,4-7H2,1-3H3. The van der Waals surface area contributed by atoms with Gasteiger partial charge in [0.25, 0.3) is 0 Å². The van der Waals surface area contributed by atoms with Crippen LogP contribution in [-0.2, 0) is 16.1 Å².